The van der Waals surface area contributed by atoms with Crippen molar-refractivity contribution in [3.8, 4) is 5.75 Å². The molecule has 2 aromatic rings. The molecule has 1 aliphatic carbocycles. The molecule has 0 radical (unpaired) electrons. The van der Waals surface area contributed by atoms with Crippen molar-refractivity contribution in [1.29, 1.82) is 0 Å². The van der Waals surface area contributed by atoms with Crippen molar-refractivity contribution in [2.24, 2.45) is 0 Å². The molecule has 1 heterocycles. The topological polar surface area (TPSA) is 100 Å². The Kier molecular flexibility index (Phi) is 5.25. The summed E-state index contributed by atoms with van der Waals surface area (Å²) < 4.78 is 18.8. The molecule has 7 nitrogen and oxygen atoms in total. The van der Waals surface area contributed by atoms with Gasteiger partial charge in [-0.3, -0.25) is 25.2 Å². The molecule has 3 rings (SSSR count). The second-order valence-corrected chi connectivity index (χ2v) is 6.39. The molecule has 142 valence electrons. The highest BCUT2D eigenvalue weighted by Gasteiger charge is 2.26. The van der Waals surface area contributed by atoms with Crippen molar-refractivity contribution in [1.82, 2.24) is 15.8 Å². The normalized spacial score (nSPS) is 14.3. The predicted octanol–water partition coefficient (Wildman–Crippen LogP) is 2.21. The summed E-state index contributed by atoms with van der Waals surface area (Å²) in [5, 5.41) is 0. The van der Waals surface area contributed by atoms with Crippen LogP contribution in [0.3, 0.4) is 0 Å². The average Bonchev–Trinajstić information content (AvgIpc) is 2.99. The number of aromatic nitrogens is 1. The molecule has 27 heavy (non-hydrogen) atoms. The van der Waals surface area contributed by atoms with Gasteiger partial charge in [-0.1, -0.05) is 12.1 Å². The molecule has 0 saturated carbocycles. The minimum absolute atomic E-state index is 0.0139. The minimum Gasteiger partial charge on any atom is -0.478 e. The Labute approximate surface area is 155 Å². The number of ketones is 1. The van der Waals surface area contributed by atoms with Gasteiger partial charge >= 0.3 is 0 Å². The van der Waals surface area contributed by atoms with Gasteiger partial charge in [0.25, 0.3) is 11.8 Å². The number of halogens is 1. The second kappa shape index (κ2) is 7.61. The van der Waals surface area contributed by atoms with Gasteiger partial charge < -0.3 is 9.72 Å². The lowest BCUT2D eigenvalue weighted by atomic mass is 9.94. The Hall–Kier alpha value is -3.16. The molecule has 2 amide bonds. The minimum atomic E-state index is -1.03. The van der Waals surface area contributed by atoms with Crippen LogP contribution in [0.15, 0.2) is 24.3 Å². The molecule has 8 heteroatoms. The highest BCUT2D eigenvalue weighted by molar-refractivity contribution is 6.04. The van der Waals surface area contributed by atoms with Gasteiger partial charge in [0, 0.05) is 17.7 Å². The van der Waals surface area contributed by atoms with Crippen LogP contribution in [0, 0.1) is 12.7 Å². The number of para-hydroxylation sites is 1. The molecule has 1 aliphatic rings. The van der Waals surface area contributed by atoms with Crippen LogP contribution in [0.1, 0.15) is 51.9 Å². The quantitative estimate of drug-likeness (QED) is 0.716. The summed E-state index contributed by atoms with van der Waals surface area (Å²) in [7, 11) is 0. The SMILES string of the molecule is Cc1c(C(=O)NNC(=O)C(C)Oc2ccccc2F)[nH]c2c1C(=O)CCC2. The number of rotatable bonds is 4. The molecule has 0 spiro atoms. The highest BCUT2D eigenvalue weighted by Crippen LogP contribution is 2.26. The summed E-state index contributed by atoms with van der Waals surface area (Å²) in [5.41, 5.74) is 6.65. The zero-order valence-corrected chi connectivity index (χ0v) is 15.0. The van der Waals surface area contributed by atoms with Gasteiger partial charge in [0.2, 0.25) is 0 Å². The first kappa shape index (κ1) is 18.6. The van der Waals surface area contributed by atoms with E-state index in [9.17, 15) is 18.8 Å². The summed E-state index contributed by atoms with van der Waals surface area (Å²) in [6.07, 6.45) is 0.888. The van der Waals surface area contributed by atoms with Crippen LogP contribution in [-0.4, -0.2) is 28.7 Å². The van der Waals surface area contributed by atoms with Crippen molar-refractivity contribution in [2.75, 3.05) is 0 Å². The van der Waals surface area contributed by atoms with E-state index < -0.39 is 23.7 Å². The number of amides is 2. The number of ether oxygens (including phenoxy) is 1. The number of aromatic amines is 1. The maximum absolute atomic E-state index is 13.6. The molecule has 0 bridgehead atoms. The van der Waals surface area contributed by atoms with Crippen LogP contribution >= 0.6 is 0 Å². The van der Waals surface area contributed by atoms with Gasteiger partial charge in [0.05, 0.1) is 0 Å². The summed E-state index contributed by atoms with van der Waals surface area (Å²) in [6.45, 7) is 3.13. The van der Waals surface area contributed by atoms with Gasteiger partial charge in [0.15, 0.2) is 23.5 Å². The van der Waals surface area contributed by atoms with Gasteiger partial charge in [-0.2, -0.15) is 0 Å². The fourth-order valence-corrected chi connectivity index (χ4v) is 3.07. The fraction of sp³-hybridized carbons (Fsp3) is 0.316. The smallest absolute Gasteiger partial charge is 0.286 e. The average molecular weight is 373 g/mol. The number of carbonyl (C=O) groups is 3. The lowest BCUT2D eigenvalue weighted by molar-refractivity contribution is -0.128. The van der Waals surface area contributed by atoms with E-state index in [4.69, 9.17) is 4.74 Å². The second-order valence-electron chi connectivity index (χ2n) is 6.39. The summed E-state index contributed by atoms with van der Waals surface area (Å²) >= 11 is 0. The molecule has 0 fully saturated rings. The van der Waals surface area contributed by atoms with Crippen LogP contribution in [0.2, 0.25) is 0 Å². The van der Waals surface area contributed by atoms with E-state index >= 15 is 0 Å². The van der Waals surface area contributed by atoms with E-state index in [0.717, 1.165) is 12.1 Å². The van der Waals surface area contributed by atoms with Crippen LogP contribution in [0.5, 0.6) is 5.75 Å². The van der Waals surface area contributed by atoms with E-state index in [2.05, 4.69) is 15.8 Å². The highest BCUT2D eigenvalue weighted by atomic mass is 19.1. The Morgan fingerprint density at radius 2 is 1.96 bits per heavy atom. The van der Waals surface area contributed by atoms with Crippen molar-refractivity contribution >= 4 is 17.6 Å². The third kappa shape index (κ3) is 3.84. The number of carbonyl (C=O) groups excluding carboxylic acids is 3. The molecule has 0 saturated heterocycles. The largest absolute Gasteiger partial charge is 0.478 e. The standard InChI is InChI=1S/C19H20FN3O4/c1-10-16-13(7-5-8-14(16)24)21-17(10)19(26)23-22-18(25)11(2)27-15-9-4-3-6-12(15)20/h3-4,6,9,11,21H,5,7-8H2,1-2H3,(H,22,25)(H,23,26). The lowest BCUT2D eigenvalue weighted by Gasteiger charge is -2.15. The number of hydrazine groups is 1. The summed E-state index contributed by atoms with van der Waals surface area (Å²) in [4.78, 5) is 39.4. The number of Topliss-reactive ketones (excluding diaryl/α,β-unsaturated/α-hetero) is 1. The maximum atomic E-state index is 13.6. The number of fused-ring (bicyclic) bond motifs is 1. The van der Waals surface area contributed by atoms with Crippen LogP contribution in [0.25, 0.3) is 0 Å². The van der Waals surface area contributed by atoms with Crippen molar-refractivity contribution in [3.05, 3.63) is 52.6 Å². The zero-order valence-electron chi connectivity index (χ0n) is 15.0. The first-order chi connectivity index (χ1) is 12.9. The predicted molar refractivity (Wildman–Crippen MR) is 94.9 cm³/mol. The molecule has 1 unspecified atom stereocenters. The van der Waals surface area contributed by atoms with Crippen molar-refractivity contribution < 1.29 is 23.5 Å². The molecule has 1 aromatic heterocycles. The van der Waals surface area contributed by atoms with Gasteiger partial charge in [0.1, 0.15) is 5.69 Å². The van der Waals surface area contributed by atoms with Crippen molar-refractivity contribution in [2.45, 2.75) is 39.2 Å². The van der Waals surface area contributed by atoms with Gasteiger partial charge in [-0.25, -0.2) is 4.39 Å². The van der Waals surface area contributed by atoms with Gasteiger partial charge in [-0.05, 0) is 44.4 Å². The first-order valence-electron chi connectivity index (χ1n) is 8.64. The number of hydrogen-bond donors (Lipinski definition) is 3. The number of benzene rings is 1. The first-order valence-corrected chi connectivity index (χ1v) is 8.64. The molecule has 1 atom stereocenters. The van der Waals surface area contributed by atoms with Crippen molar-refractivity contribution in [3.63, 3.8) is 0 Å². The molecular formula is C19H20FN3O4. The molecule has 0 aliphatic heterocycles. The van der Waals surface area contributed by atoms with Crippen LogP contribution in [-0.2, 0) is 11.2 Å². The monoisotopic (exact) mass is 373 g/mol. The number of aryl methyl sites for hydroxylation is 1. The zero-order chi connectivity index (χ0) is 19.6. The third-order valence-electron chi connectivity index (χ3n) is 4.47. The van der Waals surface area contributed by atoms with Crippen LogP contribution in [0.4, 0.5) is 4.39 Å². The lowest BCUT2D eigenvalue weighted by Crippen LogP contribution is -2.47. The van der Waals surface area contributed by atoms with E-state index in [1.54, 1.807) is 13.0 Å². The number of hydrogen-bond acceptors (Lipinski definition) is 4. The van der Waals surface area contributed by atoms with Gasteiger partial charge in [-0.15, -0.1) is 0 Å². The number of H-pyrrole nitrogens is 1. The summed E-state index contributed by atoms with van der Waals surface area (Å²) in [5.74, 6) is -1.84. The number of nitrogens with one attached hydrogen (secondary N) is 3. The van der Waals surface area contributed by atoms with E-state index in [1.807, 2.05) is 0 Å². The van der Waals surface area contributed by atoms with E-state index in [0.29, 0.717) is 24.0 Å². The molecule has 1 aromatic carbocycles. The Balaban J connectivity index is 1.61. The fourth-order valence-electron chi connectivity index (χ4n) is 3.07. The third-order valence-corrected chi connectivity index (χ3v) is 4.47. The maximum Gasteiger partial charge on any atom is 0.286 e. The molecule has 3 N–H and O–H groups in total. The van der Waals surface area contributed by atoms with E-state index in [1.165, 1.54) is 25.1 Å². The molecular weight excluding hydrogens is 353 g/mol. The van der Waals surface area contributed by atoms with Crippen LogP contribution < -0.4 is 15.6 Å². The van der Waals surface area contributed by atoms with E-state index in [-0.39, 0.29) is 17.2 Å². The Morgan fingerprint density at radius 1 is 1.22 bits per heavy atom. The Morgan fingerprint density at radius 3 is 2.67 bits per heavy atom. The summed E-state index contributed by atoms with van der Waals surface area (Å²) in [6, 6.07) is 5.72. The Bertz CT molecular complexity index is 906.